The Kier molecular flexibility index (Phi) is 8.80. The van der Waals surface area contributed by atoms with Crippen LogP contribution in [0.4, 0.5) is 0 Å². The van der Waals surface area contributed by atoms with Gasteiger partial charge in [0, 0.05) is 19.2 Å². The van der Waals surface area contributed by atoms with E-state index in [0.29, 0.717) is 12.5 Å². The molecule has 2 N–H and O–H groups in total. The SMILES string of the molecule is CC(C)c1ccc(C(C(=O)NC2CCCC2)N(CC2CCCO2)C(=O)CNC(=O)c2ccco2)cc1. The lowest BCUT2D eigenvalue weighted by atomic mass is 9.97. The van der Waals surface area contributed by atoms with E-state index < -0.39 is 11.9 Å². The third-order valence-corrected chi connectivity index (χ3v) is 7.07. The third kappa shape index (κ3) is 6.55. The molecule has 1 aliphatic heterocycles. The molecule has 1 saturated carbocycles. The maximum atomic E-state index is 13.7. The van der Waals surface area contributed by atoms with E-state index in [1.54, 1.807) is 11.0 Å². The second-order valence-electron chi connectivity index (χ2n) is 10.1. The molecule has 2 heterocycles. The van der Waals surface area contributed by atoms with Gasteiger partial charge >= 0.3 is 0 Å². The van der Waals surface area contributed by atoms with E-state index in [0.717, 1.165) is 49.7 Å². The molecule has 2 atom stereocenters. The van der Waals surface area contributed by atoms with Crippen LogP contribution in [0.25, 0.3) is 0 Å². The summed E-state index contributed by atoms with van der Waals surface area (Å²) in [5, 5.41) is 5.82. The first-order valence-electron chi connectivity index (χ1n) is 13.1. The van der Waals surface area contributed by atoms with Gasteiger partial charge in [0.2, 0.25) is 11.8 Å². The van der Waals surface area contributed by atoms with Crippen molar-refractivity contribution in [2.75, 3.05) is 19.7 Å². The zero-order valence-corrected chi connectivity index (χ0v) is 21.2. The van der Waals surface area contributed by atoms with Gasteiger partial charge in [-0.25, -0.2) is 0 Å². The van der Waals surface area contributed by atoms with Crippen molar-refractivity contribution in [3.63, 3.8) is 0 Å². The van der Waals surface area contributed by atoms with E-state index in [2.05, 4.69) is 24.5 Å². The number of ether oxygens (including phenoxy) is 1. The summed E-state index contributed by atoms with van der Waals surface area (Å²) in [7, 11) is 0. The molecule has 194 valence electrons. The number of hydrogen-bond acceptors (Lipinski definition) is 5. The van der Waals surface area contributed by atoms with Crippen molar-refractivity contribution in [3.05, 3.63) is 59.5 Å². The van der Waals surface area contributed by atoms with Crippen molar-refractivity contribution in [2.45, 2.75) is 76.5 Å². The second-order valence-corrected chi connectivity index (χ2v) is 10.1. The largest absolute Gasteiger partial charge is 0.459 e. The van der Waals surface area contributed by atoms with E-state index in [9.17, 15) is 14.4 Å². The maximum absolute atomic E-state index is 13.7. The van der Waals surface area contributed by atoms with Crippen LogP contribution < -0.4 is 10.6 Å². The zero-order valence-electron chi connectivity index (χ0n) is 21.2. The first kappa shape index (κ1) is 25.9. The summed E-state index contributed by atoms with van der Waals surface area (Å²) in [4.78, 5) is 41.3. The number of amides is 3. The Balaban J connectivity index is 1.59. The number of rotatable bonds is 10. The van der Waals surface area contributed by atoms with Crippen LogP contribution in [0.2, 0.25) is 0 Å². The lowest BCUT2D eigenvalue weighted by molar-refractivity contribution is -0.142. The van der Waals surface area contributed by atoms with Gasteiger partial charge in [0.15, 0.2) is 5.76 Å². The highest BCUT2D eigenvalue weighted by Gasteiger charge is 2.35. The van der Waals surface area contributed by atoms with E-state index in [-0.39, 0.29) is 42.8 Å². The summed E-state index contributed by atoms with van der Waals surface area (Å²) in [5.41, 5.74) is 1.91. The standard InChI is InChI=1S/C28H37N3O5/c1-19(2)20-11-13-21(14-12-20)26(28(34)30-22-7-3-4-8-22)31(18-23-9-5-15-35-23)25(32)17-29-27(33)24-10-6-16-36-24/h6,10-14,16,19,22-23,26H,3-5,7-9,15,17-18H2,1-2H3,(H,29,33)(H,30,34). The fourth-order valence-electron chi connectivity index (χ4n) is 5.00. The second kappa shape index (κ2) is 12.2. The molecule has 1 saturated heterocycles. The van der Waals surface area contributed by atoms with Crippen LogP contribution >= 0.6 is 0 Å². The van der Waals surface area contributed by atoms with Gasteiger partial charge in [-0.2, -0.15) is 0 Å². The molecule has 2 aliphatic rings. The van der Waals surface area contributed by atoms with Gasteiger partial charge in [0.05, 0.1) is 18.9 Å². The molecule has 2 unspecified atom stereocenters. The Labute approximate surface area is 212 Å². The monoisotopic (exact) mass is 495 g/mol. The molecule has 1 aromatic carbocycles. The van der Waals surface area contributed by atoms with E-state index in [1.165, 1.54) is 12.3 Å². The molecular formula is C28H37N3O5. The predicted molar refractivity (Wildman–Crippen MR) is 135 cm³/mol. The maximum Gasteiger partial charge on any atom is 0.287 e. The van der Waals surface area contributed by atoms with Crippen LogP contribution in [0, 0.1) is 0 Å². The van der Waals surface area contributed by atoms with E-state index in [1.807, 2.05) is 24.3 Å². The van der Waals surface area contributed by atoms with Crippen molar-refractivity contribution in [1.82, 2.24) is 15.5 Å². The number of carbonyl (C=O) groups is 3. The smallest absolute Gasteiger partial charge is 0.287 e. The van der Waals surface area contributed by atoms with Crippen molar-refractivity contribution >= 4 is 17.7 Å². The van der Waals surface area contributed by atoms with Gasteiger partial charge < -0.3 is 24.7 Å². The molecule has 2 aromatic rings. The Morgan fingerprint density at radius 1 is 1.00 bits per heavy atom. The number of nitrogens with one attached hydrogen (secondary N) is 2. The number of benzene rings is 1. The summed E-state index contributed by atoms with van der Waals surface area (Å²) in [5.74, 6) is -0.522. The molecule has 8 heteroatoms. The molecular weight excluding hydrogens is 458 g/mol. The molecule has 1 aliphatic carbocycles. The predicted octanol–water partition coefficient (Wildman–Crippen LogP) is 3.94. The quantitative estimate of drug-likeness (QED) is 0.520. The van der Waals surface area contributed by atoms with Crippen molar-refractivity contribution in [2.24, 2.45) is 0 Å². The van der Waals surface area contributed by atoms with E-state index >= 15 is 0 Å². The Bertz CT molecular complexity index is 1010. The molecule has 3 amide bonds. The summed E-state index contributed by atoms with van der Waals surface area (Å²) >= 11 is 0. The molecule has 0 spiro atoms. The lowest BCUT2D eigenvalue weighted by Gasteiger charge is -2.34. The average molecular weight is 496 g/mol. The van der Waals surface area contributed by atoms with Gasteiger partial charge in [-0.05, 0) is 54.9 Å². The molecule has 8 nitrogen and oxygen atoms in total. The topological polar surface area (TPSA) is 101 Å². The van der Waals surface area contributed by atoms with Crippen molar-refractivity contribution < 1.29 is 23.5 Å². The van der Waals surface area contributed by atoms with Crippen LogP contribution in [0.5, 0.6) is 0 Å². The Hall–Kier alpha value is -3.13. The summed E-state index contributed by atoms with van der Waals surface area (Å²) in [6.45, 7) is 4.92. The molecule has 0 bridgehead atoms. The number of carbonyl (C=O) groups excluding carboxylic acids is 3. The van der Waals surface area contributed by atoms with Gasteiger partial charge in [-0.15, -0.1) is 0 Å². The van der Waals surface area contributed by atoms with Gasteiger partial charge in [-0.1, -0.05) is 51.0 Å². The Morgan fingerprint density at radius 2 is 1.72 bits per heavy atom. The van der Waals surface area contributed by atoms with Gasteiger partial charge in [-0.3, -0.25) is 14.4 Å². The molecule has 0 radical (unpaired) electrons. The first-order chi connectivity index (χ1) is 17.4. The summed E-state index contributed by atoms with van der Waals surface area (Å²) in [6.07, 6.45) is 7.09. The van der Waals surface area contributed by atoms with Crippen molar-refractivity contribution in [3.8, 4) is 0 Å². The lowest BCUT2D eigenvalue weighted by Crippen LogP contribution is -2.50. The minimum Gasteiger partial charge on any atom is -0.459 e. The first-order valence-corrected chi connectivity index (χ1v) is 13.1. The molecule has 36 heavy (non-hydrogen) atoms. The third-order valence-electron chi connectivity index (χ3n) is 7.07. The highest BCUT2D eigenvalue weighted by atomic mass is 16.5. The summed E-state index contributed by atoms with van der Waals surface area (Å²) < 4.78 is 11.0. The minimum absolute atomic E-state index is 0.119. The summed E-state index contributed by atoms with van der Waals surface area (Å²) in [6, 6.07) is 10.4. The van der Waals surface area contributed by atoms with Crippen LogP contribution in [-0.2, 0) is 14.3 Å². The number of hydrogen-bond donors (Lipinski definition) is 2. The highest BCUT2D eigenvalue weighted by Crippen LogP contribution is 2.28. The van der Waals surface area contributed by atoms with Gasteiger partial charge in [0.1, 0.15) is 6.04 Å². The molecule has 1 aromatic heterocycles. The zero-order chi connectivity index (χ0) is 25.5. The fourth-order valence-corrected chi connectivity index (χ4v) is 5.00. The van der Waals surface area contributed by atoms with Crippen LogP contribution in [0.1, 0.15) is 86.0 Å². The number of furan rings is 1. The fraction of sp³-hybridized carbons (Fsp3) is 0.536. The van der Waals surface area contributed by atoms with Crippen LogP contribution in [0.3, 0.4) is 0 Å². The molecule has 2 fully saturated rings. The molecule has 4 rings (SSSR count). The van der Waals surface area contributed by atoms with Crippen LogP contribution in [0.15, 0.2) is 47.1 Å². The average Bonchev–Trinajstić information content (AvgIpc) is 3.66. The highest BCUT2D eigenvalue weighted by molar-refractivity contribution is 5.95. The van der Waals surface area contributed by atoms with Gasteiger partial charge in [0.25, 0.3) is 5.91 Å². The number of nitrogens with zero attached hydrogens (tertiary/aromatic N) is 1. The normalized spacial score (nSPS) is 18.8. The van der Waals surface area contributed by atoms with E-state index in [4.69, 9.17) is 9.15 Å². The van der Waals surface area contributed by atoms with Crippen molar-refractivity contribution in [1.29, 1.82) is 0 Å². The van der Waals surface area contributed by atoms with Crippen LogP contribution in [-0.4, -0.2) is 54.5 Å². The Morgan fingerprint density at radius 3 is 2.33 bits per heavy atom. The minimum atomic E-state index is -0.816.